The van der Waals surface area contributed by atoms with Crippen LogP contribution in [0.5, 0.6) is 0 Å². The minimum Gasteiger partial charge on any atom is -0.258 e. The Labute approximate surface area is 164 Å². The lowest BCUT2D eigenvalue weighted by Crippen LogP contribution is -2.39. The third kappa shape index (κ3) is 2.54. The van der Waals surface area contributed by atoms with Crippen molar-refractivity contribution in [2.24, 2.45) is 0 Å². The molecule has 0 amide bonds. The van der Waals surface area contributed by atoms with Gasteiger partial charge in [-0.2, -0.15) is 0 Å². The average Bonchev–Trinajstić information content (AvgIpc) is 2.75. The van der Waals surface area contributed by atoms with Crippen LogP contribution < -0.4 is 0 Å². The molecule has 1 atom stereocenters. The number of benzene rings is 2. The molecule has 0 fully saturated rings. The summed E-state index contributed by atoms with van der Waals surface area (Å²) < 4.78 is 0. The molecule has 0 saturated heterocycles. The van der Waals surface area contributed by atoms with Gasteiger partial charge in [0.1, 0.15) is 0 Å². The van der Waals surface area contributed by atoms with Gasteiger partial charge >= 0.3 is 0 Å². The van der Waals surface area contributed by atoms with E-state index in [2.05, 4.69) is 20.8 Å². The summed E-state index contributed by atoms with van der Waals surface area (Å²) in [5, 5.41) is 23.0. The summed E-state index contributed by atoms with van der Waals surface area (Å²) in [5.74, 6) is 0. The highest BCUT2D eigenvalue weighted by Crippen LogP contribution is 2.55. The molecule has 6 heteroatoms. The van der Waals surface area contributed by atoms with Gasteiger partial charge in [0.05, 0.1) is 9.85 Å². The van der Waals surface area contributed by atoms with Gasteiger partial charge in [-0.15, -0.1) is 0 Å². The van der Waals surface area contributed by atoms with Crippen LogP contribution in [0.4, 0.5) is 11.4 Å². The van der Waals surface area contributed by atoms with Gasteiger partial charge in [0.2, 0.25) is 0 Å². The Morgan fingerprint density at radius 1 is 0.821 bits per heavy atom. The van der Waals surface area contributed by atoms with E-state index in [0.29, 0.717) is 23.1 Å². The van der Waals surface area contributed by atoms with Crippen LogP contribution in [0.15, 0.2) is 18.2 Å². The first-order chi connectivity index (χ1) is 12.8. The van der Waals surface area contributed by atoms with Crippen LogP contribution in [0.2, 0.25) is 0 Å². The average molecular weight is 382 g/mol. The molecule has 2 aromatic carbocycles. The van der Waals surface area contributed by atoms with Crippen molar-refractivity contribution in [2.45, 2.75) is 65.7 Å². The van der Waals surface area contributed by atoms with Crippen LogP contribution in [0, 0.1) is 47.9 Å². The van der Waals surface area contributed by atoms with E-state index in [0.717, 1.165) is 22.3 Å². The van der Waals surface area contributed by atoms with E-state index in [1.54, 1.807) is 20.8 Å². The van der Waals surface area contributed by atoms with Gasteiger partial charge in [0, 0.05) is 27.7 Å². The van der Waals surface area contributed by atoms with Crippen LogP contribution in [-0.4, -0.2) is 9.85 Å². The fourth-order valence-electron chi connectivity index (χ4n) is 4.98. The second-order valence-corrected chi connectivity index (χ2v) is 8.80. The topological polar surface area (TPSA) is 86.3 Å². The molecule has 0 aliphatic heterocycles. The summed E-state index contributed by atoms with van der Waals surface area (Å²) in [7, 11) is 0. The molecule has 0 N–H and O–H groups in total. The van der Waals surface area contributed by atoms with Crippen molar-refractivity contribution in [3.63, 3.8) is 0 Å². The number of nitro groups is 2. The minimum absolute atomic E-state index is 0.156. The van der Waals surface area contributed by atoms with Gasteiger partial charge in [0.15, 0.2) is 0 Å². The van der Waals surface area contributed by atoms with E-state index in [1.165, 1.54) is 0 Å². The molecular formula is C22H26N2O4. The zero-order chi connectivity index (χ0) is 21.2. The highest BCUT2D eigenvalue weighted by molar-refractivity contribution is 5.62. The number of hydrogen-bond donors (Lipinski definition) is 0. The van der Waals surface area contributed by atoms with Crippen molar-refractivity contribution < 1.29 is 9.85 Å². The molecule has 1 aliphatic rings. The third-order valence-corrected chi connectivity index (χ3v) is 6.94. The quantitative estimate of drug-likeness (QED) is 0.516. The van der Waals surface area contributed by atoms with Crippen LogP contribution in [0.25, 0.3) is 0 Å². The fourth-order valence-corrected chi connectivity index (χ4v) is 4.98. The van der Waals surface area contributed by atoms with Crippen molar-refractivity contribution in [3.8, 4) is 0 Å². The molecular weight excluding hydrogens is 356 g/mol. The summed E-state index contributed by atoms with van der Waals surface area (Å²) in [6.45, 7) is 13.6. The van der Waals surface area contributed by atoms with Crippen LogP contribution in [0.3, 0.4) is 0 Å². The third-order valence-electron chi connectivity index (χ3n) is 6.94. The molecule has 0 spiro atoms. The number of nitro benzene ring substituents is 2. The SMILES string of the molecule is Cc1cc(C2(C)Cc3c(cc(C)c([N+](=O)[O-])c3C)C2(C)C)cc(C)c1[N+](=O)[O-]. The molecule has 0 radical (unpaired) electrons. The maximum absolute atomic E-state index is 11.6. The highest BCUT2D eigenvalue weighted by Gasteiger charge is 2.51. The van der Waals surface area contributed by atoms with E-state index in [1.807, 2.05) is 25.1 Å². The van der Waals surface area contributed by atoms with Crippen LogP contribution in [0.1, 0.15) is 59.7 Å². The van der Waals surface area contributed by atoms with Crippen molar-refractivity contribution in [1.29, 1.82) is 0 Å². The fraction of sp³-hybridized carbons (Fsp3) is 0.455. The molecule has 6 nitrogen and oxygen atoms in total. The summed E-state index contributed by atoms with van der Waals surface area (Å²) in [4.78, 5) is 22.3. The summed E-state index contributed by atoms with van der Waals surface area (Å²) >= 11 is 0. The first kappa shape index (κ1) is 20.0. The number of nitrogens with zero attached hydrogens (tertiary/aromatic N) is 2. The normalized spacial score (nSPS) is 20.1. The van der Waals surface area contributed by atoms with E-state index in [9.17, 15) is 20.2 Å². The molecule has 1 unspecified atom stereocenters. The lowest BCUT2D eigenvalue weighted by Gasteiger charge is -2.40. The van der Waals surface area contributed by atoms with E-state index in [-0.39, 0.29) is 32.1 Å². The predicted molar refractivity (Wildman–Crippen MR) is 109 cm³/mol. The second-order valence-electron chi connectivity index (χ2n) is 8.80. The van der Waals surface area contributed by atoms with Gasteiger partial charge in [-0.1, -0.05) is 20.8 Å². The van der Waals surface area contributed by atoms with E-state index < -0.39 is 0 Å². The van der Waals surface area contributed by atoms with Crippen molar-refractivity contribution in [1.82, 2.24) is 0 Å². The van der Waals surface area contributed by atoms with Crippen molar-refractivity contribution in [3.05, 3.63) is 77.4 Å². The lowest BCUT2D eigenvalue weighted by molar-refractivity contribution is -0.386. The van der Waals surface area contributed by atoms with Gasteiger partial charge in [-0.05, 0) is 74.4 Å². The second kappa shape index (κ2) is 6.12. The molecule has 0 aromatic heterocycles. The van der Waals surface area contributed by atoms with Crippen molar-refractivity contribution in [2.75, 3.05) is 0 Å². The number of fused-ring (bicyclic) bond motifs is 1. The Hall–Kier alpha value is -2.76. The molecule has 1 aliphatic carbocycles. The smallest absolute Gasteiger partial charge is 0.258 e. The summed E-state index contributed by atoms with van der Waals surface area (Å²) in [6, 6.07) is 5.78. The Morgan fingerprint density at radius 2 is 1.29 bits per heavy atom. The first-order valence-electron chi connectivity index (χ1n) is 9.37. The van der Waals surface area contributed by atoms with Gasteiger partial charge in [-0.25, -0.2) is 0 Å². The first-order valence-corrected chi connectivity index (χ1v) is 9.37. The largest absolute Gasteiger partial charge is 0.275 e. The van der Waals surface area contributed by atoms with E-state index in [4.69, 9.17) is 0 Å². The molecule has 0 bridgehead atoms. The molecule has 2 aromatic rings. The molecule has 148 valence electrons. The monoisotopic (exact) mass is 382 g/mol. The number of hydrogen-bond acceptors (Lipinski definition) is 4. The Bertz CT molecular complexity index is 1020. The molecule has 28 heavy (non-hydrogen) atoms. The summed E-state index contributed by atoms with van der Waals surface area (Å²) in [6.07, 6.45) is 0.666. The Balaban J connectivity index is 2.25. The van der Waals surface area contributed by atoms with Crippen LogP contribution in [-0.2, 0) is 17.3 Å². The van der Waals surface area contributed by atoms with Crippen molar-refractivity contribution >= 4 is 11.4 Å². The van der Waals surface area contributed by atoms with Crippen LogP contribution >= 0.6 is 0 Å². The predicted octanol–water partition coefficient (Wildman–Crippen LogP) is 5.53. The zero-order valence-corrected chi connectivity index (χ0v) is 17.5. The molecule has 3 rings (SSSR count). The van der Waals surface area contributed by atoms with Gasteiger partial charge < -0.3 is 0 Å². The standard InChI is InChI=1S/C22H26N2O4/c1-12-8-16(9-13(2)19(12)23(25)26)22(7)11-17-15(4)20(24(27)28)14(3)10-18(17)21(22,5)6/h8-10H,11H2,1-7H3. The Morgan fingerprint density at radius 3 is 1.75 bits per heavy atom. The highest BCUT2D eigenvalue weighted by atomic mass is 16.6. The summed E-state index contributed by atoms with van der Waals surface area (Å²) in [5.41, 5.74) is 5.63. The Kier molecular flexibility index (Phi) is 4.37. The number of aryl methyl sites for hydroxylation is 3. The lowest BCUT2D eigenvalue weighted by atomic mass is 9.63. The molecule has 0 saturated carbocycles. The maximum atomic E-state index is 11.6. The van der Waals surface area contributed by atoms with Gasteiger partial charge in [0.25, 0.3) is 11.4 Å². The molecule has 0 heterocycles. The zero-order valence-electron chi connectivity index (χ0n) is 17.5. The van der Waals surface area contributed by atoms with Gasteiger partial charge in [-0.3, -0.25) is 20.2 Å². The van der Waals surface area contributed by atoms with E-state index >= 15 is 0 Å². The minimum atomic E-state index is -0.331. The maximum Gasteiger partial charge on any atom is 0.275 e. The number of rotatable bonds is 3.